The molecule has 0 saturated carbocycles. The summed E-state index contributed by atoms with van der Waals surface area (Å²) in [4.78, 5) is 0. The van der Waals surface area contributed by atoms with Gasteiger partial charge in [-0.15, -0.1) is 5.10 Å². The number of nitrogens with zero attached hydrogens (tertiary/aromatic N) is 4. The monoisotopic (exact) mass is 234 g/mol. The molecule has 0 spiro atoms. The van der Waals surface area contributed by atoms with Crippen molar-refractivity contribution in [1.82, 2.24) is 20.2 Å². The molecule has 2 aromatic rings. The van der Waals surface area contributed by atoms with Gasteiger partial charge in [-0.25, -0.2) is 0 Å². The average molecular weight is 234 g/mol. The quantitative estimate of drug-likeness (QED) is 0.844. The van der Waals surface area contributed by atoms with Crippen molar-refractivity contribution in [2.45, 2.75) is 20.0 Å². The van der Waals surface area contributed by atoms with Gasteiger partial charge < -0.3 is 9.84 Å². The molecule has 0 atom stereocenters. The summed E-state index contributed by atoms with van der Waals surface area (Å²) in [5, 5.41) is 20.2. The van der Waals surface area contributed by atoms with Crippen LogP contribution in [0.3, 0.4) is 0 Å². The van der Waals surface area contributed by atoms with Crippen LogP contribution in [0.1, 0.15) is 18.3 Å². The van der Waals surface area contributed by atoms with Crippen LogP contribution in [0.4, 0.5) is 0 Å². The van der Waals surface area contributed by atoms with E-state index in [1.165, 1.54) is 4.68 Å². The van der Waals surface area contributed by atoms with Crippen molar-refractivity contribution < 1.29 is 9.84 Å². The van der Waals surface area contributed by atoms with Crippen molar-refractivity contribution in [2.24, 2.45) is 0 Å². The fourth-order valence-corrected chi connectivity index (χ4v) is 1.68. The zero-order chi connectivity index (χ0) is 12.3. The van der Waals surface area contributed by atoms with Gasteiger partial charge in [-0.05, 0) is 40.6 Å². The van der Waals surface area contributed by atoms with Crippen molar-refractivity contribution in [2.75, 3.05) is 7.11 Å². The van der Waals surface area contributed by atoms with E-state index in [1.807, 2.05) is 25.1 Å². The summed E-state index contributed by atoms with van der Waals surface area (Å²) in [6.07, 6.45) is 0.855. The van der Waals surface area contributed by atoms with Gasteiger partial charge >= 0.3 is 0 Å². The van der Waals surface area contributed by atoms with Gasteiger partial charge in [0.2, 0.25) is 0 Å². The molecule has 6 nitrogen and oxygen atoms in total. The molecular weight excluding hydrogens is 220 g/mol. The molecule has 0 amide bonds. The van der Waals surface area contributed by atoms with Crippen LogP contribution < -0.4 is 4.74 Å². The Bertz CT molecular complexity index is 510. The van der Waals surface area contributed by atoms with E-state index in [9.17, 15) is 0 Å². The lowest BCUT2D eigenvalue weighted by Gasteiger charge is -2.09. The van der Waals surface area contributed by atoms with Crippen LogP contribution in [0, 0.1) is 0 Å². The predicted octanol–water partition coefficient (Wildman–Crippen LogP) is 0.726. The number of hydrogen-bond acceptors (Lipinski definition) is 5. The maximum absolute atomic E-state index is 9.11. The second-order valence-electron chi connectivity index (χ2n) is 3.51. The van der Waals surface area contributed by atoms with Crippen molar-refractivity contribution in [1.29, 1.82) is 0 Å². The van der Waals surface area contributed by atoms with Gasteiger partial charge in [0, 0.05) is 0 Å². The Kier molecular flexibility index (Phi) is 3.34. The van der Waals surface area contributed by atoms with Crippen LogP contribution in [0.5, 0.6) is 5.75 Å². The highest BCUT2D eigenvalue weighted by atomic mass is 16.5. The van der Waals surface area contributed by atoms with Crippen molar-refractivity contribution in [3.8, 4) is 11.4 Å². The number of hydrogen-bond donors (Lipinski definition) is 1. The van der Waals surface area contributed by atoms with E-state index >= 15 is 0 Å². The Morgan fingerprint density at radius 1 is 1.41 bits per heavy atom. The van der Waals surface area contributed by atoms with Crippen molar-refractivity contribution in [3.05, 3.63) is 29.6 Å². The molecule has 0 aliphatic rings. The molecule has 0 fully saturated rings. The molecular formula is C11H14N4O2. The number of ether oxygens (including phenoxy) is 1. The standard InChI is InChI=1S/C11H14N4O2/c1-3-8-6-9(4-5-10(8)17-2)15-11(7-16)12-13-14-15/h4-6,16H,3,7H2,1-2H3. The third kappa shape index (κ3) is 2.12. The van der Waals surface area contributed by atoms with Gasteiger partial charge in [-0.1, -0.05) is 6.92 Å². The van der Waals surface area contributed by atoms with Gasteiger partial charge in [0.25, 0.3) is 0 Å². The van der Waals surface area contributed by atoms with Gasteiger partial charge in [-0.3, -0.25) is 0 Å². The summed E-state index contributed by atoms with van der Waals surface area (Å²) in [5.41, 5.74) is 1.89. The van der Waals surface area contributed by atoms with Gasteiger partial charge in [0.05, 0.1) is 12.8 Å². The second-order valence-corrected chi connectivity index (χ2v) is 3.51. The number of tetrazole rings is 1. The fraction of sp³-hybridized carbons (Fsp3) is 0.364. The van der Waals surface area contributed by atoms with Crippen molar-refractivity contribution >= 4 is 0 Å². The largest absolute Gasteiger partial charge is 0.496 e. The van der Waals surface area contributed by atoms with E-state index in [0.29, 0.717) is 5.82 Å². The van der Waals surface area contributed by atoms with Crippen LogP contribution in [0.2, 0.25) is 0 Å². The molecule has 0 saturated heterocycles. The third-order valence-corrected chi connectivity index (χ3v) is 2.56. The van der Waals surface area contributed by atoms with Gasteiger partial charge in [0.15, 0.2) is 5.82 Å². The molecule has 1 aromatic carbocycles. The van der Waals surface area contributed by atoms with Crippen LogP contribution in [0.25, 0.3) is 5.69 Å². The Balaban J connectivity index is 2.46. The molecule has 6 heteroatoms. The van der Waals surface area contributed by atoms with Crippen LogP contribution in [-0.2, 0) is 13.0 Å². The van der Waals surface area contributed by atoms with E-state index < -0.39 is 0 Å². The highest BCUT2D eigenvalue weighted by Gasteiger charge is 2.09. The van der Waals surface area contributed by atoms with Gasteiger partial charge in [-0.2, -0.15) is 4.68 Å². The number of aromatic nitrogens is 4. The zero-order valence-electron chi connectivity index (χ0n) is 9.79. The van der Waals surface area contributed by atoms with Crippen LogP contribution in [0.15, 0.2) is 18.2 Å². The normalized spacial score (nSPS) is 10.5. The predicted molar refractivity (Wildman–Crippen MR) is 61.0 cm³/mol. The van der Waals surface area contributed by atoms with Crippen molar-refractivity contribution in [3.63, 3.8) is 0 Å². The van der Waals surface area contributed by atoms with E-state index in [4.69, 9.17) is 9.84 Å². The van der Waals surface area contributed by atoms with Crippen LogP contribution in [-0.4, -0.2) is 32.4 Å². The molecule has 0 bridgehead atoms. The first-order chi connectivity index (χ1) is 8.30. The zero-order valence-corrected chi connectivity index (χ0v) is 9.79. The molecule has 1 N–H and O–H groups in total. The highest BCUT2D eigenvalue weighted by molar-refractivity contribution is 5.44. The lowest BCUT2D eigenvalue weighted by Crippen LogP contribution is -2.04. The molecule has 1 aromatic heterocycles. The summed E-state index contributed by atoms with van der Waals surface area (Å²) in [7, 11) is 1.64. The number of aliphatic hydroxyl groups excluding tert-OH is 1. The Morgan fingerprint density at radius 2 is 2.24 bits per heavy atom. The minimum Gasteiger partial charge on any atom is -0.496 e. The Labute approximate surface area is 98.8 Å². The summed E-state index contributed by atoms with van der Waals surface area (Å²) in [6.45, 7) is 1.86. The Morgan fingerprint density at radius 3 is 2.88 bits per heavy atom. The number of methoxy groups -OCH3 is 1. The fourth-order valence-electron chi connectivity index (χ4n) is 1.68. The smallest absolute Gasteiger partial charge is 0.182 e. The average Bonchev–Trinajstić information content (AvgIpc) is 2.86. The molecule has 90 valence electrons. The summed E-state index contributed by atoms with van der Waals surface area (Å²) in [5.74, 6) is 1.26. The number of aliphatic hydroxyl groups is 1. The summed E-state index contributed by atoms with van der Waals surface area (Å²) < 4.78 is 6.77. The maximum Gasteiger partial charge on any atom is 0.182 e. The van der Waals surface area contributed by atoms with E-state index in [-0.39, 0.29) is 6.61 Å². The van der Waals surface area contributed by atoms with E-state index in [2.05, 4.69) is 15.5 Å². The lowest BCUT2D eigenvalue weighted by molar-refractivity contribution is 0.268. The SMILES string of the molecule is CCc1cc(-n2nnnc2CO)ccc1OC. The molecule has 0 aliphatic heterocycles. The first-order valence-electron chi connectivity index (χ1n) is 5.35. The minimum absolute atomic E-state index is 0.194. The lowest BCUT2D eigenvalue weighted by atomic mass is 10.1. The number of aryl methyl sites for hydroxylation is 1. The molecule has 2 rings (SSSR count). The first kappa shape index (κ1) is 11.5. The molecule has 0 aliphatic carbocycles. The third-order valence-electron chi connectivity index (χ3n) is 2.56. The Hall–Kier alpha value is -1.95. The van der Waals surface area contributed by atoms with Crippen LogP contribution >= 0.6 is 0 Å². The summed E-state index contributed by atoms with van der Waals surface area (Å²) >= 11 is 0. The molecule has 0 radical (unpaired) electrons. The maximum atomic E-state index is 9.11. The highest BCUT2D eigenvalue weighted by Crippen LogP contribution is 2.22. The molecule has 1 heterocycles. The summed E-state index contributed by atoms with van der Waals surface area (Å²) in [6, 6.07) is 5.68. The minimum atomic E-state index is -0.194. The number of benzene rings is 1. The second kappa shape index (κ2) is 4.92. The molecule has 17 heavy (non-hydrogen) atoms. The van der Waals surface area contributed by atoms with E-state index in [1.54, 1.807) is 7.11 Å². The van der Waals surface area contributed by atoms with Gasteiger partial charge in [0.1, 0.15) is 12.4 Å². The number of rotatable bonds is 4. The topological polar surface area (TPSA) is 73.1 Å². The first-order valence-corrected chi connectivity index (χ1v) is 5.35. The van der Waals surface area contributed by atoms with E-state index in [0.717, 1.165) is 23.4 Å². The molecule has 0 unspecified atom stereocenters.